The van der Waals surface area contributed by atoms with Gasteiger partial charge in [-0.05, 0) is 18.6 Å². The number of alkyl halides is 3. The van der Waals surface area contributed by atoms with Crippen molar-refractivity contribution < 1.29 is 31.2 Å². The van der Waals surface area contributed by atoms with Crippen LogP contribution in [-0.2, 0) is 0 Å². The van der Waals surface area contributed by atoms with Gasteiger partial charge in [0.2, 0.25) is 6.39 Å². The van der Waals surface area contributed by atoms with Gasteiger partial charge in [0, 0.05) is 16.4 Å². The molecule has 1 N–H and O–H groups in total. The molecule has 3 aromatic rings. The minimum atomic E-state index is -4.50. The van der Waals surface area contributed by atoms with Crippen molar-refractivity contribution in [2.75, 3.05) is 5.32 Å². The van der Waals surface area contributed by atoms with E-state index in [0.717, 1.165) is 42.0 Å². The predicted molar refractivity (Wildman–Crippen MR) is 100 cm³/mol. The normalized spacial score (nSPS) is 16.3. The third-order valence-corrected chi connectivity index (χ3v) is 5.51. The molecule has 1 unspecified atom stereocenters. The van der Waals surface area contributed by atoms with Gasteiger partial charge in [0.05, 0.1) is 0 Å². The lowest BCUT2D eigenvalue weighted by Gasteiger charge is -2.19. The Balaban J connectivity index is 1.68. The third kappa shape index (κ3) is 4.24. The fourth-order valence-electron chi connectivity index (χ4n) is 3.01. The Morgan fingerprint density at radius 2 is 1.97 bits per heavy atom. The van der Waals surface area contributed by atoms with Gasteiger partial charge in [-0.3, -0.25) is 10.1 Å². The molecule has 1 aliphatic rings. The number of hydrogen-bond donors (Lipinski definition) is 1. The average molecular weight is 454 g/mol. The second kappa shape index (κ2) is 8.02. The summed E-state index contributed by atoms with van der Waals surface area (Å²) < 4.78 is 72.4. The van der Waals surface area contributed by atoms with Crippen LogP contribution in [0.5, 0.6) is 0 Å². The van der Waals surface area contributed by atoms with Gasteiger partial charge in [-0.25, -0.2) is 13.8 Å². The first-order valence-corrected chi connectivity index (χ1v) is 9.53. The highest BCUT2D eigenvalue weighted by Crippen LogP contribution is 2.43. The number of amides is 1. The molecule has 0 saturated heterocycles. The molecule has 0 bridgehead atoms. The lowest BCUT2D eigenvalue weighted by molar-refractivity contribution is -0.0944. The molecule has 2 aromatic heterocycles. The number of anilines is 1. The summed E-state index contributed by atoms with van der Waals surface area (Å²) in [5, 5.41) is 9.44. The third-order valence-electron chi connectivity index (χ3n) is 4.41. The number of allylic oxidation sites excluding steroid dienone is 4. The quantitative estimate of drug-likeness (QED) is 0.545. The van der Waals surface area contributed by atoms with E-state index >= 15 is 0 Å². The number of carbonyl (C=O) groups is 1. The topological polar surface area (TPSA) is 80.9 Å². The summed E-state index contributed by atoms with van der Waals surface area (Å²) >= 11 is 0.850. The van der Waals surface area contributed by atoms with E-state index in [2.05, 4.69) is 20.5 Å². The van der Waals surface area contributed by atoms with E-state index < -0.39 is 40.8 Å². The molecular weight excluding hydrogens is 443 g/mol. The molecule has 31 heavy (non-hydrogen) atoms. The first-order valence-electron chi connectivity index (χ1n) is 8.71. The number of nitrogens with one attached hydrogen (secondary N) is 1. The number of halogens is 5. The smallest absolute Gasteiger partial charge is 0.412 e. The van der Waals surface area contributed by atoms with Gasteiger partial charge in [0.15, 0.2) is 5.13 Å². The monoisotopic (exact) mass is 454 g/mol. The highest BCUT2D eigenvalue weighted by atomic mass is 32.1. The molecule has 0 radical (unpaired) electrons. The molecular formula is C19H11F5N4O2S. The zero-order chi connectivity index (χ0) is 22.2. The largest absolute Gasteiger partial charge is 0.422 e. The zero-order valence-electron chi connectivity index (χ0n) is 15.3. The molecule has 4 rings (SSSR count). The molecule has 0 fully saturated rings. The van der Waals surface area contributed by atoms with Crippen LogP contribution in [0.1, 0.15) is 27.6 Å². The fraction of sp³-hybridized carbons (Fsp3) is 0.158. The maximum atomic E-state index is 13.9. The van der Waals surface area contributed by atoms with Crippen LogP contribution in [0, 0.1) is 11.6 Å². The number of aromatic nitrogens is 3. The van der Waals surface area contributed by atoms with Gasteiger partial charge in [0.1, 0.15) is 22.9 Å². The lowest BCUT2D eigenvalue weighted by Crippen LogP contribution is -2.16. The van der Waals surface area contributed by atoms with Crippen molar-refractivity contribution in [3.05, 3.63) is 70.5 Å². The van der Waals surface area contributed by atoms with Crippen molar-refractivity contribution in [3.8, 4) is 11.6 Å². The highest BCUT2D eigenvalue weighted by Gasteiger charge is 2.37. The van der Waals surface area contributed by atoms with Crippen LogP contribution in [0.25, 0.3) is 11.6 Å². The number of benzene rings is 1. The second-order valence-electron chi connectivity index (χ2n) is 6.41. The van der Waals surface area contributed by atoms with Gasteiger partial charge in [-0.2, -0.15) is 13.2 Å². The van der Waals surface area contributed by atoms with E-state index in [1.165, 1.54) is 6.08 Å². The summed E-state index contributed by atoms with van der Waals surface area (Å²) in [4.78, 5) is 16.8. The van der Waals surface area contributed by atoms with Gasteiger partial charge < -0.3 is 4.42 Å². The second-order valence-corrected chi connectivity index (χ2v) is 7.44. The summed E-state index contributed by atoms with van der Waals surface area (Å²) in [6, 6.07) is 2.96. The van der Waals surface area contributed by atoms with Crippen molar-refractivity contribution in [2.45, 2.75) is 18.5 Å². The van der Waals surface area contributed by atoms with Gasteiger partial charge in [-0.15, -0.1) is 21.5 Å². The van der Waals surface area contributed by atoms with Crippen LogP contribution in [0.4, 0.5) is 27.1 Å². The summed E-state index contributed by atoms with van der Waals surface area (Å²) in [6.45, 7) is 0. The first kappa shape index (κ1) is 20.8. The Bertz CT molecular complexity index is 1160. The van der Waals surface area contributed by atoms with Crippen molar-refractivity contribution in [1.29, 1.82) is 0 Å². The fourth-order valence-corrected chi connectivity index (χ4v) is 4.04. The van der Waals surface area contributed by atoms with Crippen LogP contribution < -0.4 is 5.32 Å². The van der Waals surface area contributed by atoms with E-state index in [1.807, 2.05) is 0 Å². The minimum Gasteiger partial charge on any atom is -0.422 e. The molecule has 0 aliphatic heterocycles. The SMILES string of the molecule is O=C(Nc1nc(-c2nnco2)c(C2C=CC=C(C(F)(F)F)C2)s1)c1c(F)cccc1F. The summed E-state index contributed by atoms with van der Waals surface area (Å²) in [5.74, 6) is -4.04. The minimum absolute atomic E-state index is 0.0691. The molecule has 0 saturated carbocycles. The van der Waals surface area contributed by atoms with E-state index in [1.54, 1.807) is 6.08 Å². The number of hydrogen-bond acceptors (Lipinski definition) is 6. The van der Waals surface area contributed by atoms with E-state index in [0.29, 0.717) is 4.88 Å². The van der Waals surface area contributed by atoms with E-state index in [9.17, 15) is 26.7 Å². The number of rotatable bonds is 4. The zero-order valence-corrected chi connectivity index (χ0v) is 16.1. The Morgan fingerprint density at radius 3 is 2.61 bits per heavy atom. The van der Waals surface area contributed by atoms with E-state index in [4.69, 9.17) is 4.42 Å². The summed E-state index contributed by atoms with van der Waals surface area (Å²) in [6.07, 6.45) is -0.0425. The molecule has 1 aliphatic carbocycles. The molecule has 160 valence electrons. The number of thiazole rings is 1. The molecule has 1 amide bonds. The van der Waals surface area contributed by atoms with Gasteiger partial charge >= 0.3 is 6.18 Å². The van der Waals surface area contributed by atoms with Crippen molar-refractivity contribution in [1.82, 2.24) is 15.2 Å². The van der Waals surface area contributed by atoms with Crippen LogP contribution >= 0.6 is 11.3 Å². The van der Waals surface area contributed by atoms with Crippen LogP contribution in [0.2, 0.25) is 0 Å². The van der Waals surface area contributed by atoms with Crippen molar-refractivity contribution in [2.24, 2.45) is 0 Å². The van der Waals surface area contributed by atoms with Crippen LogP contribution in [0.15, 0.2) is 52.8 Å². The predicted octanol–water partition coefficient (Wildman–Crippen LogP) is 5.26. The Kier molecular flexibility index (Phi) is 5.39. The van der Waals surface area contributed by atoms with Crippen LogP contribution in [-0.4, -0.2) is 27.3 Å². The maximum Gasteiger partial charge on any atom is 0.412 e. The number of nitrogens with zero attached hydrogens (tertiary/aromatic N) is 3. The highest BCUT2D eigenvalue weighted by molar-refractivity contribution is 7.16. The maximum absolute atomic E-state index is 13.9. The number of carbonyl (C=O) groups excluding carboxylic acids is 1. The molecule has 1 aromatic carbocycles. The van der Waals surface area contributed by atoms with Crippen molar-refractivity contribution >= 4 is 22.4 Å². The molecule has 12 heteroatoms. The lowest BCUT2D eigenvalue weighted by atomic mass is 9.92. The molecule has 1 atom stereocenters. The molecule has 6 nitrogen and oxygen atoms in total. The first-order chi connectivity index (χ1) is 14.7. The standard InChI is InChI=1S/C19H11F5N4O2S/c20-11-5-2-6-12(21)13(11)16(29)27-18-26-14(17-28-25-8-30-17)15(31-18)9-3-1-4-10(7-9)19(22,23)24/h1-6,8-9H,7H2,(H,26,27,29). The van der Waals surface area contributed by atoms with E-state index in [-0.39, 0.29) is 23.1 Å². The Hall–Kier alpha value is -3.41. The Morgan fingerprint density at radius 1 is 1.23 bits per heavy atom. The molecule has 2 heterocycles. The van der Waals surface area contributed by atoms with Crippen molar-refractivity contribution in [3.63, 3.8) is 0 Å². The molecule has 0 spiro atoms. The van der Waals surface area contributed by atoms with Gasteiger partial charge in [-0.1, -0.05) is 24.3 Å². The van der Waals surface area contributed by atoms with Gasteiger partial charge in [0.25, 0.3) is 11.8 Å². The van der Waals surface area contributed by atoms with Crippen LogP contribution in [0.3, 0.4) is 0 Å². The summed E-state index contributed by atoms with van der Waals surface area (Å²) in [7, 11) is 0. The summed E-state index contributed by atoms with van der Waals surface area (Å²) in [5.41, 5.74) is -1.47. The average Bonchev–Trinajstić information content (AvgIpc) is 3.37. The Labute approximate surface area is 175 Å².